The van der Waals surface area contributed by atoms with E-state index in [9.17, 15) is 4.79 Å². The molecule has 0 unspecified atom stereocenters. The normalized spacial score (nSPS) is 22.0. The number of carbonyl (C=O) groups excluding carboxylic acids is 1. The van der Waals surface area contributed by atoms with Gasteiger partial charge in [0.1, 0.15) is 5.76 Å². The highest BCUT2D eigenvalue weighted by molar-refractivity contribution is 5.88. The molecule has 0 radical (unpaired) electrons. The number of hydrogen-bond acceptors (Lipinski definition) is 4. The average molecular weight is 286 g/mol. The monoisotopic (exact) mass is 286 g/mol. The fraction of sp³-hybridized carbons (Fsp3) is 0.400. The van der Waals surface area contributed by atoms with Gasteiger partial charge in [-0.25, -0.2) is 4.79 Å². The van der Waals surface area contributed by atoms with Gasteiger partial charge in [0.25, 0.3) is 0 Å². The van der Waals surface area contributed by atoms with Crippen LogP contribution in [0, 0.1) is 5.92 Å². The molecular weight excluding hydrogens is 268 g/mol. The van der Waals surface area contributed by atoms with Gasteiger partial charge in [-0.3, -0.25) is 5.32 Å². The van der Waals surface area contributed by atoms with Crippen LogP contribution in [-0.2, 0) is 0 Å². The third kappa shape index (κ3) is 3.04. The Balaban J connectivity index is 1.76. The van der Waals surface area contributed by atoms with E-state index >= 15 is 0 Å². The fourth-order valence-corrected chi connectivity index (χ4v) is 2.68. The lowest BCUT2D eigenvalue weighted by Gasteiger charge is -2.37. The number of anilines is 1. The van der Waals surface area contributed by atoms with E-state index in [0.29, 0.717) is 18.3 Å². The molecule has 2 amide bonds. The van der Waals surface area contributed by atoms with Crippen molar-refractivity contribution < 1.29 is 9.21 Å². The van der Waals surface area contributed by atoms with Gasteiger partial charge in [0.15, 0.2) is 5.82 Å². The number of aromatic nitrogens is 2. The van der Waals surface area contributed by atoms with Crippen LogP contribution in [0.25, 0.3) is 0 Å². The van der Waals surface area contributed by atoms with Crippen LogP contribution < -0.4 is 5.32 Å². The quantitative estimate of drug-likeness (QED) is 0.921. The lowest BCUT2D eigenvalue weighted by Crippen LogP contribution is -2.43. The van der Waals surface area contributed by atoms with Gasteiger partial charge < -0.3 is 9.32 Å². The van der Waals surface area contributed by atoms with Crippen molar-refractivity contribution in [2.75, 3.05) is 11.9 Å². The molecule has 1 fully saturated rings. The van der Waals surface area contributed by atoms with Gasteiger partial charge in [0.05, 0.1) is 12.3 Å². The van der Waals surface area contributed by atoms with Gasteiger partial charge in [-0.1, -0.05) is 6.92 Å². The zero-order valence-electron chi connectivity index (χ0n) is 11.9. The predicted molar refractivity (Wildman–Crippen MR) is 77.6 cm³/mol. The van der Waals surface area contributed by atoms with Crippen molar-refractivity contribution >= 4 is 11.8 Å². The van der Waals surface area contributed by atoms with E-state index in [0.717, 1.165) is 18.6 Å². The maximum atomic E-state index is 12.5. The van der Waals surface area contributed by atoms with Gasteiger partial charge in [0.2, 0.25) is 0 Å². The molecule has 6 heteroatoms. The van der Waals surface area contributed by atoms with Gasteiger partial charge >= 0.3 is 6.03 Å². The van der Waals surface area contributed by atoms with Crippen LogP contribution in [0.1, 0.15) is 31.6 Å². The molecule has 1 aliphatic rings. The number of nitrogens with one attached hydrogen (secondary N) is 1. The van der Waals surface area contributed by atoms with Crippen LogP contribution >= 0.6 is 0 Å². The Hall–Kier alpha value is -2.37. The second-order valence-electron chi connectivity index (χ2n) is 5.39. The Morgan fingerprint density at radius 2 is 2.33 bits per heavy atom. The Morgan fingerprint density at radius 3 is 3.05 bits per heavy atom. The van der Waals surface area contributed by atoms with E-state index in [4.69, 9.17) is 4.42 Å². The standard InChI is InChI=1S/C15H18N4O2/c1-11-6-8-19(12(10-11)13-4-3-9-21-13)15(20)17-14-5-2-7-16-18-14/h2-5,7,9,11-12H,6,8,10H2,1H3,(H,17,18,20)/t11-,12+/m0/s1. The first-order valence-corrected chi connectivity index (χ1v) is 7.13. The molecule has 21 heavy (non-hydrogen) atoms. The van der Waals surface area contributed by atoms with Crippen molar-refractivity contribution in [3.05, 3.63) is 42.5 Å². The first-order valence-electron chi connectivity index (χ1n) is 7.13. The van der Waals surface area contributed by atoms with Gasteiger partial charge in [0, 0.05) is 12.7 Å². The highest BCUT2D eigenvalue weighted by atomic mass is 16.3. The van der Waals surface area contributed by atoms with E-state index in [1.807, 2.05) is 17.0 Å². The number of likely N-dealkylation sites (tertiary alicyclic amines) is 1. The molecule has 2 aromatic heterocycles. The molecule has 0 aromatic carbocycles. The molecule has 110 valence electrons. The molecule has 1 aliphatic heterocycles. The zero-order valence-corrected chi connectivity index (χ0v) is 11.9. The minimum absolute atomic E-state index is 0.0274. The summed E-state index contributed by atoms with van der Waals surface area (Å²) in [5.74, 6) is 1.86. The maximum Gasteiger partial charge on any atom is 0.323 e. The first-order chi connectivity index (χ1) is 10.2. The number of piperidine rings is 1. The molecule has 1 N–H and O–H groups in total. The molecule has 0 spiro atoms. The molecule has 1 saturated heterocycles. The summed E-state index contributed by atoms with van der Waals surface area (Å²) in [6.07, 6.45) is 5.11. The molecule has 6 nitrogen and oxygen atoms in total. The summed E-state index contributed by atoms with van der Waals surface area (Å²) in [6.45, 7) is 2.91. The van der Waals surface area contributed by atoms with E-state index < -0.39 is 0 Å². The van der Waals surface area contributed by atoms with Gasteiger partial charge in [-0.2, -0.15) is 5.10 Å². The minimum atomic E-state index is -0.163. The summed E-state index contributed by atoms with van der Waals surface area (Å²) >= 11 is 0. The molecule has 2 atom stereocenters. The van der Waals surface area contributed by atoms with E-state index in [2.05, 4.69) is 22.4 Å². The molecule has 2 aromatic rings. The van der Waals surface area contributed by atoms with E-state index in [1.54, 1.807) is 24.6 Å². The van der Waals surface area contributed by atoms with Crippen LogP contribution in [0.5, 0.6) is 0 Å². The molecule has 0 aliphatic carbocycles. The lowest BCUT2D eigenvalue weighted by molar-refractivity contribution is 0.129. The van der Waals surface area contributed by atoms with Crippen LogP contribution in [-0.4, -0.2) is 27.7 Å². The van der Waals surface area contributed by atoms with E-state index in [-0.39, 0.29) is 12.1 Å². The number of urea groups is 1. The van der Waals surface area contributed by atoms with Crippen molar-refractivity contribution in [3.8, 4) is 0 Å². The summed E-state index contributed by atoms with van der Waals surface area (Å²) in [6, 6.07) is 7.05. The minimum Gasteiger partial charge on any atom is -0.467 e. The van der Waals surface area contributed by atoms with Crippen LogP contribution in [0.15, 0.2) is 41.1 Å². The highest BCUT2D eigenvalue weighted by Crippen LogP contribution is 2.34. The van der Waals surface area contributed by atoms with Crippen LogP contribution in [0.2, 0.25) is 0 Å². The van der Waals surface area contributed by atoms with Crippen LogP contribution in [0.3, 0.4) is 0 Å². The third-order valence-electron chi connectivity index (χ3n) is 3.80. The zero-order chi connectivity index (χ0) is 14.7. The fourth-order valence-electron chi connectivity index (χ4n) is 2.68. The summed E-state index contributed by atoms with van der Waals surface area (Å²) in [4.78, 5) is 14.3. The number of carbonyl (C=O) groups is 1. The maximum absolute atomic E-state index is 12.5. The largest absolute Gasteiger partial charge is 0.467 e. The lowest BCUT2D eigenvalue weighted by atomic mass is 9.91. The number of amides is 2. The first kappa shape index (κ1) is 13.6. The van der Waals surface area contributed by atoms with E-state index in [1.165, 1.54) is 0 Å². The molecule has 0 bridgehead atoms. The summed E-state index contributed by atoms with van der Waals surface area (Å²) in [5.41, 5.74) is 0. The second kappa shape index (κ2) is 5.95. The molecular formula is C15H18N4O2. The SMILES string of the molecule is C[C@H]1CCN(C(=O)Nc2cccnn2)[C@@H](c2ccco2)C1. The summed E-state index contributed by atoms with van der Waals surface area (Å²) in [7, 11) is 0. The Bertz CT molecular complexity index is 585. The van der Waals surface area contributed by atoms with Crippen molar-refractivity contribution in [2.45, 2.75) is 25.8 Å². The Morgan fingerprint density at radius 1 is 1.43 bits per heavy atom. The number of hydrogen-bond donors (Lipinski definition) is 1. The predicted octanol–water partition coefficient (Wildman–Crippen LogP) is 3.07. The molecule has 0 saturated carbocycles. The second-order valence-corrected chi connectivity index (χ2v) is 5.39. The van der Waals surface area contributed by atoms with Crippen molar-refractivity contribution in [1.82, 2.24) is 15.1 Å². The third-order valence-corrected chi connectivity index (χ3v) is 3.80. The Kier molecular flexibility index (Phi) is 3.85. The molecule has 3 rings (SSSR count). The van der Waals surface area contributed by atoms with Crippen molar-refractivity contribution in [1.29, 1.82) is 0 Å². The van der Waals surface area contributed by atoms with Crippen molar-refractivity contribution in [3.63, 3.8) is 0 Å². The van der Waals surface area contributed by atoms with Crippen LogP contribution in [0.4, 0.5) is 10.6 Å². The highest BCUT2D eigenvalue weighted by Gasteiger charge is 2.32. The van der Waals surface area contributed by atoms with Crippen molar-refractivity contribution in [2.24, 2.45) is 5.92 Å². The van der Waals surface area contributed by atoms with Gasteiger partial charge in [-0.15, -0.1) is 5.10 Å². The molecule has 3 heterocycles. The van der Waals surface area contributed by atoms with Gasteiger partial charge in [-0.05, 0) is 43.0 Å². The average Bonchev–Trinajstić information content (AvgIpc) is 3.02. The summed E-state index contributed by atoms with van der Waals surface area (Å²) < 4.78 is 5.50. The number of nitrogens with zero attached hydrogens (tertiary/aromatic N) is 3. The smallest absolute Gasteiger partial charge is 0.323 e. The number of furan rings is 1. The Labute approximate surface area is 123 Å². The summed E-state index contributed by atoms with van der Waals surface area (Å²) in [5, 5.41) is 10.4. The number of rotatable bonds is 2. The topological polar surface area (TPSA) is 71.3 Å².